The first-order chi connectivity index (χ1) is 11.5. The topological polar surface area (TPSA) is 78.5 Å². The van der Waals surface area contributed by atoms with Crippen molar-refractivity contribution >= 4 is 17.8 Å². The minimum Gasteiger partial charge on any atom is -0.352 e. The van der Waals surface area contributed by atoms with E-state index < -0.39 is 17.6 Å². The number of carbonyl (C=O) groups excluding carboxylic acids is 3. The Bertz CT molecular complexity index is 728. The van der Waals surface area contributed by atoms with Gasteiger partial charge in [-0.05, 0) is 50.2 Å². The van der Waals surface area contributed by atoms with Gasteiger partial charge < -0.3 is 10.6 Å². The van der Waals surface area contributed by atoms with Crippen molar-refractivity contribution in [2.24, 2.45) is 0 Å². The van der Waals surface area contributed by atoms with E-state index in [1.165, 1.54) is 0 Å². The molecule has 3 aliphatic rings. The Kier molecular flexibility index (Phi) is 3.37. The van der Waals surface area contributed by atoms with Gasteiger partial charge in [0.2, 0.25) is 5.91 Å². The molecule has 4 amide bonds. The van der Waals surface area contributed by atoms with Gasteiger partial charge in [-0.2, -0.15) is 0 Å². The zero-order valence-corrected chi connectivity index (χ0v) is 13.7. The van der Waals surface area contributed by atoms with E-state index in [9.17, 15) is 14.4 Å². The van der Waals surface area contributed by atoms with Crippen LogP contribution in [0.1, 0.15) is 43.7 Å². The van der Waals surface area contributed by atoms with E-state index in [1.807, 2.05) is 24.3 Å². The lowest BCUT2D eigenvalue weighted by Crippen LogP contribution is -2.50. The third-order valence-corrected chi connectivity index (χ3v) is 5.29. The molecule has 2 N–H and O–H groups in total. The van der Waals surface area contributed by atoms with Crippen molar-refractivity contribution in [2.75, 3.05) is 0 Å². The van der Waals surface area contributed by atoms with Crippen molar-refractivity contribution < 1.29 is 14.4 Å². The Morgan fingerprint density at radius 2 is 2.08 bits per heavy atom. The van der Waals surface area contributed by atoms with Gasteiger partial charge in [-0.3, -0.25) is 9.59 Å². The number of nitrogens with one attached hydrogen (secondary N) is 2. The fraction of sp³-hybridized carbons (Fsp3) is 0.500. The average Bonchev–Trinajstić information content (AvgIpc) is 3.34. The molecule has 1 saturated heterocycles. The highest BCUT2D eigenvalue weighted by atomic mass is 16.2. The SMILES string of the molecule is CC(C(=O)NC1CC1)N1C(=O)NC2(CCCc3ccccc32)C1=O. The summed E-state index contributed by atoms with van der Waals surface area (Å²) in [5.74, 6) is -0.569. The zero-order valence-electron chi connectivity index (χ0n) is 13.7. The molecule has 1 aromatic rings. The lowest BCUT2D eigenvalue weighted by Gasteiger charge is -2.33. The Morgan fingerprint density at radius 3 is 2.83 bits per heavy atom. The van der Waals surface area contributed by atoms with Gasteiger partial charge in [-0.15, -0.1) is 0 Å². The van der Waals surface area contributed by atoms with Crippen molar-refractivity contribution in [2.45, 2.75) is 56.7 Å². The molecule has 1 saturated carbocycles. The molecule has 0 radical (unpaired) electrons. The first-order valence-electron chi connectivity index (χ1n) is 8.57. The van der Waals surface area contributed by atoms with Crippen molar-refractivity contribution in [3.63, 3.8) is 0 Å². The third kappa shape index (κ3) is 2.20. The van der Waals surface area contributed by atoms with Crippen molar-refractivity contribution in [3.05, 3.63) is 35.4 Å². The van der Waals surface area contributed by atoms with Crippen LogP contribution in [0.3, 0.4) is 0 Å². The van der Waals surface area contributed by atoms with Crippen LogP contribution in [0.25, 0.3) is 0 Å². The molecule has 2 fully saturated rings. The predicted molar refractivity (Wildman–Crippen MR) is 87.1 cm³/mol. The maximum atomic E-state index is 13.2. The number of amides is 4. The smallest absolute Gasteiger partial charge is 0.326 e. The number of urea groups is 1. The van der Waals surface area contributed by atoms with Crippen LogP contribution in [0.2, 0.25) is 0 Å². The van der Waals surface area contributed by atoms with Crippen LogP contribution in [0.4, 0.5) is 4.79 Å². The first-order valence-corrected chi connectivity index (χ1v) is 8.57. The van der Waals surface area contributed by atoms with Gasteiger partial charge in [0.1, 0.15) is 11.6 Å². The van der Waals surface area contributed by atoms with Crippen LogP contribution < -0.4 is 10.6 Å². The maximum absolute atomic E-state index is 13.2. The lowest BCUT2D eigenvalue weighted by atomic mass is 9.76. The molecule has 2 atom stereocenters. The number of fused-ring (bicyclic) bond motifs is 2. The minimum absolute atomic E-state index is 0.199. The molecule has 6 heteroatoms. The molecule has 24 heavy (non-hydrogen) atoms. The molecule has 0 aromatic heterocycles. The summed E-state index contributed by atoms with van der Waals surface area (Å²) in [7, 11) is 0. The van der Waals surface area contributed by atoms with Gasteiger partial charge in [-0.25, -0.2) is 9.69 Å². The van der Waals surface area contributed by atoms with E-state index in [0.717, 1.165) is 41.7 Å². The molecule has 126 valence electrons. The number of rotatable bonds is 3. The number of hydrogen-bond donors (Lipinski definition) is 2. The second kappa shape index (κ2) is 5.33. The Labute approximate surface area is 140 Å². The summed E-state index contributed by atoms with van der Waals surface area (Å²) in [6.45, 7) is 1.61. The van der Waals surface area contributed by atoms with E-state index >= 15 is 0 Å². The summed E-state index contributed by atoms with van der Waals surface area (Å²) in [5, 5.41) is 5.76. The normalized spacial score (nSPS) is 27.0. The number of carbonyl (C=O) groups is 3. The van der Waals surface area contributed by atoms with Crippen LogP contribution in [0, 0.1) is 0 Å². The van der Waals surface area contributed by atoms with Gasteiger partial charge in [0.15, 0.2) is 0 Å². The number of aryl methyl sites for hydroxylation is 1. The van der Waals surface area contributed by atoms with Gasteiger partial charge >= 0.3 is 6.03 Å². The van der Waals surface area contributed by atoms with Crippen LogP contribution >= 0.6 is 0 Å². The second-order valence-corrected chi connectivity index (χ2v) is 6.98. The molecule has 1 spiro atoms. The Hall–Kier alpha value is -2.37. The minimum atomic E-state index is -1.01. The van der Waals surface area contributed by atoms with Crippen molar-refractivity contribution in [3.8, 4) is 0 Å². The highest BCUT2D eigenvalue weighted by Crippen LogP contribution is 2.40. The predicted octanol–water partition coefficient (Wildman–Crippen LogP) is 1.44. The molecule has 6 nitrogen and oxygen atoms in total. The first kappa shape index (κ1) is 15.2. The summed E-state index contributed by atoms with van der Waals surface area (Å²) in [6, 6.07) is 6.67. The highest BCUT2D eigenvalue weighted by Gasteiger charge is 2.56. The van der Waals surface area contributed by atoms with E-state index in [4.69, 9.17) is 0 Å². The Balaban J connectivity index is 1.65. The summed E-state index contributed by atoms with van der Waals surface area (Å²) in [4.78, 5) is 39.1. The number of nitrogens with zero attached hydrogens (tertiary/aromatic N) is 1. The molecule has 0 bridgehead atoms. The van der Waals surface area contributed by atoms with E-state index in [1.54, 1.807) is 6.92 Å². The third-order valence-electron chi connectivity index (χ3n) is 5.29. The average molecular weight is 327 g/mol. The number of imide groups is 1. The number of hydrogen-bond acceptors (Lipinski definition) is 3. The van der Waals surface area contributed by atoms with E-state index in [-0.39, 0.29) is 17.9 Å². The summed E-state index contributed by atoms with van der Waals surface area (Å²) in [5.41, 5.74) is 0.946. The van der Waals surface area contributed by atoms with Gasteiger partial charge in [0, 0.05) is 6.04 Å². The molecule has 2 aliphatic carbocycles. The number of benzene rings is 1. The van der Waals surface area contributed by atoms with Crippen LogP contribution in [-0.2, 0) is 21.5 Å². The molecule has 1 aromatic carbocycles. The zero-order chi connectivity index (χ0) is 16.9. The fourth-order valence-corrected chi connectivity index (χ4v) is 3.80. The second-order valence-electron chi connectivity index (χ2n) is 6.98. The van der Waals surface area contributed by atoms with Gasteiger partial charge in [0.25, 0.3) is 5.91 Å². The van der Waals surface area contributed by atoms with Crippen LogP contribution in [-0.4, -0.2) is 34.8 Å². The van der Waals surface area contributed by atoms with Crippen LogP contribution in [0.15, 0.2) is 24.3 Å². The summed E-state index contributed by atoms with van der Waals surface area (Å²) < 4.78 is 0. The molecule has 1 aliphatic heterocycles. The molecule has 2 unspecified atom stereocenters. The van der Waals surface area contributed by atoms with Crippen molar-refractivity contribution in [1.82, 2.24) is 15.5 Å². The molecule has 4 rings (SSSR count). The van der Waals surface area contributed by atoms with Gasteiger partial charge in [0.05, 0.1) is 0 Å². The van der Waals surface area contributed by atoms with E-state index in [2.05, 4.69) is 10.6 Å². The fourth-order valence-electron chi connectivity index (χ4n) is 3.80. The lowest BCUT2D eigenvalue weighted by molar-refractivity contribution is -0.138. The van der Waals surface area contributed by atoms with Crippen molar-refractivity contribution in [1.29, 1.82) is 0 Å². The van der Waals surface area contributed by atoms with Crippen LogP contribution in [0.5, 0.6) is 0 Å². The molecule has 1 heterocycles. The molecular weight excluding hydrogens is 306 g/mol. The molecular formula is C18H21N3O3. The standard InChI is InChI=1S/C18H21N3O3/c1-11(15(22)19-13-8-9-13)21-16(23)18(20-17(21)24)10-4-6-12-5-2-3-7-14(12)18/h2-3,5,7,11,13H,4,6,8-10H2,1H3,(H,19,22)(H,20,24). The Morgan fingerprint density at radius 1 is 1.33 bits per heavy atom. The monoisotopic (exact) mass is 327 g/mol. The van der Waals surface area contributed by atoms with E-state index in [0.29, 0.717) is 6.42 Å². The van der Waals surface area contributed by atoms with Gasteiger partial charge in [-0.1, -0.05) is 24.3 Å². The summed E-state index contributed by atoms with van der Waals surface area (Å²) in [6.07, 6.45) is 4.24. The summed E-state index contributed by atoms with van der Waals surface area (Å²) >= 11 is 0. The maximum Gasteiger partial charge on any atom is 0.326 e. The largest absolute Gasteiger partial charge is 0.352 e. The quantitative estimate of drug-likeness (QED) is 0.825. The highest BCUT2D eigenvalue weighted by molar-refractivity contribution is 6.10.